The lowest BCUT2D eigenvalue weighted by Gasteiger charge is -2.13. The summed E-state index contributed by atoms with van der Waals surface area (Å²) in [6, 6.07) is 5.93. The number of anilines is 1. The summed E-state index contributed by atoms with van der Waals surface area (Å²) in [6.45, 7) is -3.13. The van der Waals surface area contributed by atoms with Gasteiger partial charge in [-0.1, -0.05) is 12.1 Å². The van der Waals surface area contributed by atoms with Gasteiger partial charge in [0.1, 0.15) is 11.4 Å². The number of hydrogen-bond acceptors (Lipinski definition) is 5. The van der Waals surface area contributed by atoms with Crippen LogP contribution in [0.4, 0.5) is 27.9 Å². The zero-order valence-corrected chi connectivity index (χ0v) is 12.0. The number of nitrogens with one attached hydrogen (secondary N) is 1. The van der Waals surface area contributed by atoms with Gasteiger partial charge in [-0.05, 0) is 23.8 Å². The lowest BCUT2D eigenvalue weighted by molar-refractivity contribution is -0.141. The van der Waals surface area contributed by atoms with E-state index in [1.165, 1.54) is 24.3 Å². The van der Waals surface area contributed by atoms with Crippen molar-refractivity contribution in [1.29, 1.82) is 0 Å². The van der Waals surface area contributed by atoms with Gasteiger partial charge in [0.15, 0.2) is 0 Å². The van der Waals surface area contributed by atoms with E-state index in [4.69, 9.17) is 0 Å². The van der Waals surface area contributed by atoms with Crippen molar-refractivity contribution in [1.82, 2.24) is 9.97 Å². The van der Waals surface area contributed by atoms with Crippen molar-refractivity contribution in [2.24, 2.45) is 0 Å². The SMILES string of the molecule is OC(CNc1nccc(C(F)(F)F)n1)c1ccc(OC(F)F)cc1. The molecule has 5 nitrogen and oxygen atoms in total. The van der Waals surface area contributed by atoms with Crippen LogP contribution < -0.4 is 10.1 Å². The Hall–Kier alpha value is -2.49. The fourth-order valence-electron chi connectivity index (χ4n) is 1.78. The van der Waals surface area contributed by atoms with E-state index in [0.29, 0.717) is 5.56 Å². The molecule has 1 aromatic carbocycles. The molecule has 10 heteroatoms. The van der Waals surface area contributed by atoms with Crippen LogP contribution in [0.25, 0.3) is 0 Å². The molecular weight excluding hydrogens is 337 g/mol. The Morgan fingerprint density at radius 1 is 1.12 bits per heavy atom. The van der Waals surface area contributed by atoms with Gasteiger partial charge in [0.05, 0.1) is 6.10 Å². The van der Waals surface area contributed by atoms with Crippen LogP contribution in [0.3, 0.4) is 0 Å². The Morgan fingerprint density at radius 2 is 1.79 bits per heavy atom. The largest absolute Gasteiger partial charge is 0.435 e. The molecule has 0 saturated carbocycles. The second-order valence-electron chi connectivity index (χ2n) is 4.61. The third kappa shape index (κ3) is 5.01. The van der Waals surface area contributed by atoms with Crippen molar-refractivity contribution in [2.45, 2.75) is 18.9 Å². The first kappa shape index (κ1) is 17.9. The second kappa shape index (κ2) is 7.39. The summed E-state index contributed by atoms with van der Waals surface area (Å²) in [5.74, 6) is -0.364. The molecule has 24 heavy (non-hydrogen) atoms. The Morgan fingerprint density at radius 3 is 2.38 bits per heavy atom. The van der Waals surface area contributed by atoms with E-state index in [0.717, 1.165) is 12.3 Å². The van der Waals surface area contributed by atoms with E-state index in [2.05, 4.69) is 20.0 Å². The first-order chi connectivity index (χ1) is 11.3. The molecule has 1 unspecified atom stereocenters. The normalized spacial score (nSPS) is 13.0. The molecule has 0 aliphatic heterocycles. The summed E-state index contributed by atoms with van der Waals surface area (Å²) in [5.41, 5.74) is -0.751. The fourth-order valence-corrected chi connectivity index (χ4v) is 1.78. The van der Waals surface area contributed by atoms with Crippen molar-refractivity contribution in [3.8, 4) is 5.75 Å². The number of aromatic nitrogens is 2. The number of aliphatic hydroxyl groups excluding tert-OH is 1. The molecule has 130 valence electrons. The van der Waals surface area contributed by atoms with Gasteiger partial charge < -0.3 is 15.2 Å². The molecule has 0 saturated heterocycles. The standard InChI is InChI=1S/C14H12F5N3O2/c15-12(16)24-9-3-1-8(2-4-9)10(23)7-21-13-20-6-5-11(22-13)14(17,18)19/h1-6,10,12,23H,7H2,(H,20,21,22). The summed E-state index contributed by atoms with van der Waals surface area (Å²) in [4.78, 5) is 6.92. The van der Waals surface area contributed by atoms with Gasteiger partial charge in [-0.3, -0.25) is 0 Å². The average molecular weight is 349 g/mol. The number of hydrogen-bond donors (Lipinski definition) is 2. The van der Waals surface area contributed by atoms with E-state index in [1.807, 2.05) is 0 Å². The van der Waals surface area contributed by atoms with Crippen LogP contribution in [-0.4, -0.2) is 28.2 Å². The molecule has 1 heterocycles. The van der Waals surface area contributed by atoms with E-state index in [-0.39, 0.29) is 18.2 Å². The molecular formula is C14H12F5N3O2. The lowest BCUT2D eigenvalue weighted by Crippen LogP contribution is -2.16. The van der Waals surface area contributed by atoms with Crippen LogP contribution in [0.15, 0.2) is 36.5 Å². The molecule has 0 bridgehead atoms. The topological polar surface area (TPSA) is 67.3 Å². The highest BCUT2D eigenvalue weighted by Gasteiger charge is 2.32. The number of rotatable bonds is 6. The molecule has 0 aliphatic rings. The minimum absolute atomic E-state index is 0.0740. The summed E-state index contributed by atoms with van der Waals surface area (Å²) < 4.78 is 65.8. The lowest BCUT2D eigenvalue weighted by atomic mass is 10.1. The van der Waals surface area contributed by atoms with Gasteiger partial charge in [0, 0.05) is 12.7 Å². The molecule has 2 N–H and O–H groups in total. The zero-order chi connectivity index (χ0) is 17.7. The highest BCUT2D eigenvalue weighted by molar-refractivity contribution is 5.31. The Balaban J connectivity index is 1.96. The first-order valence-corrected chi connectivity index (χ1v) is 6.62. The van der Waals surface area contributed by atoms with Crippen molar-refractivity contribution >= 4 is 5.95 Å². The summed E-state index contributed by atoms with van der Waals surface area (Å²) in [6.07, 6.45) is -4.76. The first-order valence-electron chi connectivity index (χ1n) is 6.62. The highest BCUT2D eigenvalue weighted by Crippen LogP contribution is 2.27. The zero-order valence-electron chi connectivity index (χ0n) is 12.0. The van der Waals surface area contributed by atoms with Crippen LogP contribution in [0.5, 0.6) is 5.75 Å². The predicted molar refractivity (Wildman–Crippen MR) is 73.6 cm³/mol. The van der Waals surface area contributed by atoms with Crippen LogP contribution in [0.1, 0.15) is 17.4 Å². The third-order valence-corrected chi connectivity index (χ3v) is 2.89. The number of alkyl halides is 5. The van der Waals surface area contributed by atoms with Crippen LogP contribution in [0.2, 0.25) is 0 Å². The van der Waals surface area contributed by atoms with E-state index < -0.39 is 24.6 Å². The minimum atomic E-state index is -4.60. The minimum Gasteiger partial charge on any atom is -0.435 e. The van der Waals surface area contributed by atoms with E-state index in [1.54, 1.807) is 0 Å². The van der Waals surface area contributed by atoms with E-state index >= 15 is 0 Å². The number of benzene rings is 1. The number of halogens is 5. The molecule has 0 aliphatic carbocycles. The highest BCUT2D eigenvalue weighted by atomic mass is 19.4. The fraction of sp³-hybridized carbons (Fsp3) is 0.286. The molecule has 0 spiro atoms. The van der Waals surface area contributed by atoms with Gasteiger partial charge in [-0.25, -0.2) is 9.97 Å². The van der Waals surface area contributed by atoms with Crippen LogP contribution in [-0.2, 0) is 6.18 Å². The van der Waals surface area contributed by atoms with Crippen molar-refractivity contribution < 1.29 is 31.8 Å². The summed E-state index contributed by atoms with van der Waals surface area (Å²) in [5, 5.41) is 12.4. The molecule has 0 amide bonds. The molecule has 0 fully saturated rings. The second-order valence-corrected chi connectivity index (χ2v) is 4.61. The smallest absolute Gasteiger partial charge is 0.433 e. The monoisotopic (exact) mass is 349 g/mol. The number of aliphatic hydroxyl groups is 1. The number of nitrogens with zero attached hydrogens (tertiary/aromatic N) is 2. The summed E-state index contributed by atoms with van der Waals surface area (Å²) >= 11 is 0. The summed E-state index contributed by atoms with van der Waals surface area (Å²) in [7, 11) is 0. The third-order valence-electron chi connectivity index (χ3n) is 2.89. The molecule has 2 aromatic rings. The molecule has 1 aromatic heterocycles. The predicted octanol–water partition coefficient (Wildman–Crippen LogP) is 3.24. The molecule has 1 atom stereocenters. The van der Waals surface area contributed by atoms with Crippen molar-refractivity contribution in [3.63, 3.8) is 0 Å². The van der Waals surface area contributed by atoms with Gasteiger partial charge in [-0.2, -0.15) is 22.0 Å². The van der Waals surface area contributed by atoms with Crippen LogP contribution in [0, 0.1) is 0 Å². The molecule has 2 rings (SSSR count). The van der Waals surface area contributed by atoms with Crippen molar-refractivity contribution in [3.05, 3.63) is 47.8 Å². The maximum atomic E-state index is 12.5. The van der Waals surface area contributed by atoms with Crippen molar-refractivity contribution in [2.75, 3.05) is 11.9 Å². The Bertz CT molecular complexity index is 664. The number of ether oxygens (including phenoxy) is 1. The Labute approximate surface area is 133 Å². The Kier molecular flexibility index (Phi) is 5.50. The maximum absolute atomic E-state index is 12.5. The van der Waals surface area contributed by atoms with E-state index in [9.17, 15) is 27.1 Å². The quantitative estimate of drug-likeness (QED) is 0.784. The maximum Gasteiger partial charge on any atom is 0.433 e. The van der Waals surface area contributed by atoms with Gasteiger partial charge in [-0.15, -0.1) is 0 Å². The van der Waals surface area contributed by atoms with Gasteiger partial charge in [0.25, 0.3) is 0 Å². The van der Waals surface area contributed by atoms with Gasteiger partial charge in [0.2, 0.25) is 5.95 Å². The van der Waals surface area contributed by atoms with Gasteiger partial charge >= 0.3 is 12.8 Å². The van der Waals surface area contributed by atoms with Crippen LogP contribution >= 0.6 is 0 Å². The molecule has 0 radical (unpaired) electrons. The average Bonchev–Trinajstić information content (AvgIpc) is 2.52.